The van der Waals surface area contributed by atoms with Crippen molar-refractivity contribution in [3.8, 4) is 17.2 Å². The summed E-state index contributed by atoms with van der Waals surface area (Å²) in [6.07, 6.45) is 1.44. The molecule has 2 aromatic heterocycles. The molecule has 0 fully saturated rings. The first-order valence-corrected chi connectivity index (χ1v) is 11.0. The van der Waals surface area contributed by atoms with Crippen molar-refractivity contribution in [2.24, 2.45) is 5.10 Å². The highest BCUT2D eigenvalue weighted by Crippen LogP contribution is 2.28. The number of nitrogens with one attached hydrogen (secondary N) is 1. The minimum atomic E-state index is -0.422. The van der Waals surface area contributed by atoms with Crippen molar-refractivity contribution in [1.82, 2.24) is 20.0 Å². The standard InChI is InChI=1S/C26H22N6O4/c1-36-17-9-6-15(7-10-17)13-28-26(35)22-23-25(31-19-5-3-2-4-18(19)30-23)32(24(22)27)29-14-16-8-11-20(33)21(34)12-16/h2-12,14,33-34H,13,27H2,1H3,(H,28,35). The van der Waals surface area contributed by atoms with E-state index in [0.29, 0.717) is 27.8 Å². The summed E-state index contributed by atoms with van der Waals surface area (Å²) >= 11 is 0. The highest BCUT2D eigenvalue weighted by atomic mass is 16.5. The number of phenolic OH excluding ortho intramolecular Hbond substituents is 2. The number of amides is 1. The van der Waals surface area contributed by atoms with Crippen molar-refractivity contribution in [2.75, 3.05) is 12.8 Å². The molecule has 5 rings (SSSR count). The van der Waals surface area contributed by atoms with E-state index in [1.807, 2.05) is 36.4 Å². The number of methoxy groups -OCH3 is 1. The molecule has 0 bridgehead atoms. The van der Waals surface area contributed by atoms with Gasteiger partial charge in [-0.05, 0) is 53.6 Å². The largest absolute Gasteiger partial charge is 0.504 e. The molecule has 0 atom stereocenters. The fraction of sp³-hybridized carbons (Fsp3) is 0.0769. The van der Waals surface area contributed by atoms with Crippen molar-refractivity contribution < 1.29 is 19.7 Å². The van der Waals surface area contributed by atoms with Crippen LogP contribution < -0.4 is 15.8 Å². The third kappa shape index (κ3) is 4.23. The molecule has 0 spiro atoms. The molecule has 10 nitrogen and oxygen atoms in total. The molecule has 10 heteroatoms. The van der Waals surface area contributed by atoms with Crippen LogP contribution in [0.2, 0.25) is 0 Å². The van der Waals surface area contributed by atoms with E-state index >= 15 is 0 Å². The van der Waals surface area contributed by atoms with Gasteiger partial charge in [-0.3, -0.25) is 4.79 Å². The van der Waals surface area contributed by atoms with E-state index in [4.69, 9.17) is 10.5 Å². The zero-order valence-corrected chi connectivity index (χ0v) is 19.2. The molecular weight excluding hydrogens is 460 g/mol. The molecule has 1 amide bonds. The number of anilines is 1. The Morgan fingerprint density at radius 3 is 2.47 bits per heavy atom. The van der Waals surface area contributed by atoms with Gasteiger partial charge >= 0.3 is 0 Å². The summed E-state index contributed by atoms with van der Waals surface area (Å²) in [6.45, 7) is 0.270. The highest BCUT2D eigenvalue weighted by Gasteiger charge is 2.24. The number of rotatable bonds is 6. The lowest BCUT2D eigenvalue weighted by Gasteiger charge is -2.07. The van der Waals surface area contributed by atoms with Crippen LogP contribution in [0, 0.1) is 0 Å². The van der Waals surface area contributed by atoms with E-state index < -0.39 is 5.91 Å². The number of benzene rings is 3. The summed E-state index contributed by atoms with van der Waals surface area (Å²) in [7, 11) is 1.59. The molecule has 3 aromatic carbocycles. The molecule has 5 N–H and O–H groups in total. The maximum absolute atomic E-state index is 13.3. The van der Waals surface area contributed by atoms with Gasteiger partial charge in [0.2, 0.25) is 0 Å². The van der Waals surface area contributed by atoms with Crippen LogP contribution in [-0.4, -0.2) is 44.1 Å². The van der Waals surface area contributed by atoms with Gasteiger partial charge in [0, 0.05) is 6.54 Å². The van der Waals surface area contributed by atoms with Gasteiger partial charge in [0.05, 0.1) is 24.4 Å². The number of phenols is 2. The van der Waals surface area contributed by atoms with E-state index in [0.717, 1.165) is 11.3 Å². The summed E-state index contributed by atoms with van der Waals surface area (Å²) in [5.41, 5.74) is 9.79. The first-order chi connectivity index (χ1) is 17.4. The predicted molar refractivity (Wildman–Crippen MR) is 136 cm³/mol. The minimum Gasteiger partial charge on any atom is -0.504 e. The molecule has 0 aliphatic heterocycles. The number of aromatic nitrogens is 3. The topological polar surface area (TPSA) is 148 Å². The minimum absolute atomic E-state index is 0.0618. The molecule has 36 heavy (non-hydrogen) atoms. The maximum atomic E-state index is 13.3. The molecule has 2 heterocycles. The zero-order chi connectivity index (χ0) is 25.2. The van der Waals surface area contributed by atoms with Gasteiger partial charge in [-0.2, -0.15) is 9.78 Å². The number of hydrogen-bond donors (Lipinski definition) is 4. The lowest BCUT2D eigenvalue weighted by atomic mass is 10.2. The number of aromatic hydroxyl groups is 2. The second-order valence-corrected chi connectivity index (χ2v) is 7.98. The van der Waals surface area contributed by atoms with Gasteiger partial charge in [-0.25, -0.2) is 9.97 Å². The van der Waals surface area contributed by atoms with Gasteiger partial charge in [0.15, 0.2) is 17.1 Å². The Bertz CT molecular complexity index is 1630. The fourth-order valence-electron chi connectivity index (χ4n) is 3.75. The number of nitrogens with two attached hydrogens (primary N) is 1. The third-order valence-corrected chi connectivity index (χ3v) is 5.63. The quantitative estimate of drug-likeness (QED) is 0.214. The van der Waals surface area contributed by atoms with Gasteiger partial charge < -0.3 is 26.0 Å². The van der Waals surface area contributed by atoms with Gasteiger partial charge in [-0.1, -0.05) is 24.3 Å². The van der Waals surface area contributed by atoms with Crippen LogP contribution in [0.15, 0.2) is 71.8 Å². The number of carbonyl (C=O) groups excluding carboxylic acids is 1. The highest BCUT2D eigenvalue weighted by molar-refractivity contribution is 6.10. The molecular formula is C26H22N6O4. The summed E-state index contributed by atoms with van der Waals surface area (Å²) in [5.74, 6) is -0.167. The summed E-state index contributed by atoms with van der Waals surface area (Å²) in [4.78, 5) is 22.6. The molecule has 5 aromatic rings. The predicted octanol–water partition coefficient (Wildman–Crippen LogP) is 3.40. The zero-order valence-electron chi connectivity index (χ0n) is 19.2. The Balaban J connectivity index is 1.55. The fourth-order valence-corrected chi connectivity index (χ4v) is 3.75. The third-order valence-electron chi connectivity index (χ3n) is 5.63. The van der Waals surface area contributed by atoms with E-state index in [2.05, 4.69) is 20.4 Å². The second kappa shape index (κ2) is 9.26. The Labute approximate surface area is 205 Å². The van der Waals surface area contributed by atoms with Crippen LogP contribution in [0.25, 0.3) is 22.2 Å². The number of hydrogen-bond acceptors (Lipinski definition) is 8. The smallest absolute Gasteiger partial charge is 0.257 e. The van der Waals surface area contributed by atoms with E-state index in [1.165, 1.54) is 23.0 Å². The normalized spacial score (nSPS) is 11.4. The molecule has 0 saturated heterocycles. The summed E-state index contributed by atoms with van der Waals surface area (Å²) in [5, 5.41) is 26.6. The van der Waals surface area contributed by atoms with Crippen LogP contribution in [0.1, 0.15) is 21.5 Å². The van der Waals surface area contributed by atoms with Crippen molar-refractivity contribution in [2.45, 2.75) is 6.54 Å². The average Bonchev–Trinajstić information content (AvgIpc) is 3.16. The van der Waals surface area contributed by atoms with Gasteiger partial charge in [0.1, 0.15) is 22.6 Å². The van der Waals surface area contributed by atoms with E-state index in [-0.39, 0.29) is 29.4 Å². The molecule has 180 valence electrons. The Hall–Kier alpha value is -5.12. The van der Waals surface area contributed by atoms with Crippen LogP contribution in [0.4, 0.5) is 5.82 Å². The van der Waals surface area contributed by atoms with Gasteiger partial charge in [0.25, 0.3) is 5.91 Å². The molecule has 0 saturated carbocycles. The molecule has 0 unspecified atom stereocenters. The number of para-hydroxylation sites is 2. The number of carbonyl (C=O) groups is 1. The number of fused-ring (bicyclic) bond motifs is 2. The SMILES string of the molecule is COc1ccc(CNC(=O)c2c(N)n(N=Cc3ccc(O)c(O)c3)c3nc4ccccc4nc23)cc1. The summed E-state index contributed by atoms with van der Waals surface area (Å²) < 4.78 is 6.51. The average molecular weight is 483 g/mol. The second-order valence-electron chi connectivity index (χ2n) is 7.98. The number of nitrogens with zero attached hydrogens (tertiary/aromatic N) is 4. The molecule has 0 aliphatic carbocycles. The van der Waals surface area contributed by atoms with Crippen LogP contribution in [0.3, 0.4) is 0 Å². The van der Waals surface area contributed by atoms with Crippen molar-refractivity contribution in [1.29, 1.82) is 0 Å². The maximum Gasteiger partial charge on any atom is 0.257 e. The van der Waals surface area contributed by atoms with Crippen LogP contribution >= 0.6 is 0 Å². The van der Waals surface area contributed by atoms with Crippen LogP contribution in [-0.2, 0) is 6.54 Å². The lowest BCUT2D eigenvalue weighted by Crippen LogP contribution is -2.23. The monoisotopic (exact) mass is 482 g/mol. The first-order valence-electron chi connectivity index (χ1n) is 11.0. The molecule has 0 radical (unpaired) electrons. The summed E-state index contributed by atoms with van der Waals surface area (Å²) in [6, 6.07) is 18.9. The van der Waals surface area contributed by atoms with Crippen molar-refractivity contribution in [3.05, 3.63) is 83.4 Å². The molecule has 0 aliphatic rings. The van der Waals surface area contributed by atoms with Crippen LogP contribution in [0.5, 0.6) is 17.2 Å². The van der Waals surface area contributed by atoms with Crippen molar-refractivity contribution >= 4 is 40.1 Å². The Morgan fingerprint density at radius 2 is 1.78 bits per heavy atom. The first kappa shape index (κ1) is 22.7. The Morgan fingerprint density at radius 1 is 1.06 bits per heavy atom. The van der Waals surface area contributed by atoms with E-state index in [9.17, 15) is 15.0 Å². The number of ether oxygens (including phenoxy) is 1. The number of nitrogen functional groups attached to an aromatic ring is 1. The lowest BCUT2D eigenvalue weighted by molar-refractivity contribution is 0.0953. The van der Waals surface area contributed by atoms with Gasteiger partial charge in [-0.15, -0.1) is 0 Å². The van der Waals surface area contributed by atoms with Crippen molar-refractivity contribution in [3.63, 3.8) is 0 Å². The van der Waals surface area contributed by atoms with E-state index in [1.54, 1.807) is 25.3 Å². The Kier molecular flexibility index (Phi) is 5.83.